The molecular formula is C18H18N4O2. The van der Waals surface area contributed by atoms with E-state index in [1.54, 1.807) is 31.3 Å². The molecule has 6 heteroatoms. The number of aromatic nitrogens is 3. The van der Waals surface area contributed by atoms with E-state index in [1.165, 1.54) is 0 Å². The van der Waals surface area contributed by atoms with Crippen LogP contribution >= 0.6 is 0 Å². The normalized spacial score (nSPS) is 12.1. The third-order valence-corrected chi connectivity index (χ3v) is 3.95. The second-order valence-electron chi connectivity index (χ2n) is 5.57. The summed E-state index contributed by atoms with van der Waals surface area (Å²) in [6, 6.07) is 12.4. The maximum Gasteiger partial charge on any atom is 0.270 e. The molecule has 0 aliphatic carbocycles. The highest BCUT2D eigenvalue weighted by molar-refractivity contribution is 5.92. The van der Waals surface area contributed by atoms with Crippen LogP contribution in [0.1, 0.15) is 36.2 Å². The number of pyridine rings is 1. The summed E-state index contributed by atoms with van der Waals surface area (Å²) in [5.74, 6) is 0.406. The molecule has 0 spiro atoms. The molecule has 1 unspecified atom stereocenters. The van der Waals surface area contributed by atoms with E-state index < -0.39 is 0 Å². The molecule has 3 rings (SSSR count). The number of rotatable bonds is 5. The van der Waals surface area contributed by atoms with Crippen LogP contribution in [0.3, 0.4) is 0 Å². The van der Waals surface area contributed by atoms with Gasteiger partial charge < -0.3 is 9.88 Å². The maximum absolute atomic E-state index is 12.2. The molecule has 24 heavy (non-hydrogen) atoms. The molecule has 0 radical (unpaired) electrons. The van der Waals surface area contributed by atoms with Gasteiger partial charge in [0.2, 0.25) is 0 Å². The van der Waals surface area contributed by atoms with Crippen LogP contribution < -0.4 is 5.32 Å². The Bertz CT molecular complexity index is 886. The number of hydrogen-bond acceptors (Lipinski definition) is 4. The zero-order valence-electron chi connectivity index (χ0n) is 13.6. The zero-order valence-corrected chi connectivity index (χ0v) is 13.6. The van der Waals surface area contributed by atoms with Crippen molar-refractivity contribution in [2.45, 2.75) is 26.4 Å². The minimum absolute atomic E-state index is 0.0375. The van der Waals surface area contributed by atoms with E-state index in [2.05, 4.69) is 15.3 Å². The largest absolute Gasteiger partial charge is 0.343 e. The molecule has 1 aromatic carbocycles. The summed E-state index contributed by atoms with van der Waals surface area (Å²) in [4.78, 5) is 32.6. The minimum atomic E-state index is -0.348. The number of carbonyl (C=O) groups excluding carboxylic acids is 2. The van der Waals surface area contributed by atoms with Crippen molar-refractivity contribution in [2.24, 2.45) is 0 Å². The quantitative estimate of drug-likeness (QED) is 0.783. The lowest BCUT2D eigenvalue weighted by Gasteiger charge is -2.15. The summed E-state index contributed by atoms with van der Waals surface area (Å²) in [6.45, 7) is 3.61. The van der Waals surface area contributed by atoms with Gasteiger partial charge in [-0.15, -0.1) is 0 Å². The smallest absolute Gasteiger partial charge is 0.270 e. The first-order chi connectivity index (χ1) is 11.6. The molecule has 1 N–H and O–H groups in total. The Labute approximate surface area is 139 Å². The number of nitrogens with one attached hydrogen (secondary N) is 1. The van der Waals surface area contributed by atoms with Crippen LogP contribution in [0.2, 0.25) is 0 Å². The van der Waals surface area contributed by atoms with Crippen molar-refractivity contribution in [3.8, 4) is 0 Å². The van der Waals surface area contributed by atoms with Gasteiger partial charge in [0.1, 0.15) is 11.5 Å². The molecule has 2 aromatic heterocycles. The van der Waals surface area contributed by atoms with Crippen LogP contribution in [0.15, 0.2) is 48.7 Å². The molecular weight excluding hydrogens is 304 g/mol. The highest BCUT2D eigenvalue weighted by Crippen LogP contribution is 2.21. The van der Waals surface area contributed by atoms with Crippen LogP contribution in [0, 0.1) is 0 Å². The lowest BCUT2D eigenvalue weighted by Crippen LogP contribution is -2.27. The van der Waals surface area contributed by atoms with Crippen LogP contribution in [-0.4, -0.2) is 26.2 Å². The van der Waals surface area contributed by atoms with Gasteiger partial charge in [0.25, 0.3) is 5.91 Å². The van der Waals surface area contributed by atoms with Crippen molar-refractivity contribution < 1.29 is 9.59 Å². The Morgan fingerprint density at radius 1 is 1.17 bits per heavy atom. The maximum atomic E-state index is 12.2. The van der Waals surface area contributed by atoms with Crippen molar-refractivity contribution >= 4 is 22.7 Å². The molecule has 6 nitrogen and oxygen atoms in total. The van der Waals surface area contributed by atoms with Crippen molar-refractivity contribution in [1.29, 1.82) is 0 Å². The molecule has 1 amide bonds. The van der Waals surface area contributed by atoms with Gasteiger partial charge in [0.05, 0.1) is 23.6 Å². The molecule has 1 atom stereocenters. The van der Waals surface area contributed by atoms with E-state index in [0.717, 1.165) is 11.0 Å². The fraction of sp³-hybridized carbons (Fsp3) is 0.222. The average molecular weight is 322 g/mol. The number of carbonyl (C=O) groups is 2. The highest BCUT2D eigenvalue weighted by Gasteiger charge is 2.19. The lowest BCUT2D eigenvalue weighted by molar-refractivity contribution is -0.119. The number of imidazole rings is 1. The first kappa shape index (κ1) is 15.9. The summed E-state index contributed by atoms with van der Waals surface area (Å²) >= 11 is 0. The molecule has 0 aliphatic heterocycles. The first-order valence-electron chi connectivity index (χ1n) is 7.73. The third kappa shape index (κ3) is 3.03. The fourth-order valence-electron chi connectivity index (χ4n) is 2.58. The second kappa shape index (κ2) is 6.62. The van der Waals surface area contributed by atoms with Gasteiger partial charge in [-0.25, -0.2) is 4.98 Å². The monoisotopic (exact) mass is 322 g/mol. The number of benzene rings is 1. The van der Waals surface area contributed by atoms with E-state index in [9.17, 15) is 9.59 Å². The minimum Gasteiger partial charge on any atom is -0.343 e. The summed E-state index contributed by atoms with van der Waals surface area (Å²) in [5.41, 5.74) is 2.02. The number of ketones is 1. The highest BCUT2D eigenvalue weighted by atomic mass is 16.2. The predicted molar refractivity (Wildman–Crippen MR) is 90.5 cm³/mol. The van der Waals surface area contributed by atoms with E-state index in [1.807, 2.05) is 35.8 Å². The van der Waals surface area contributed by atoms with Gasteiger partial charge in [0, 0.05) is 6.20 Å². The number of nitrogens with zero attached hydrogens (tertiary/aromatic N) is 3. The van der Waals surface area contributed by atoms with E-state index in [0.29, 0.717) is 11.5 Å². The number of para-hydroxylation sites is 2. The SMILES string of the molecule is CC(=O)C(C)n1c(CNC(=O)c2ccccn2)nc2ccccc21. The molecule has 0 saturated carbocycles. The van der Waals surface area contributed by atoms with E-state index in [-0.39, 0.29) is 24.3 Å². The Morgan fingerprint density at radius 2 is 1.92 bits per heavy atom. The van der Waals surface area contributed by atoms with Crippen LogP contribution in [-0.2, 0) is 11.3 Å². The van der Waals surface area contributed by atoms with Crippen LogP contribution in [0.5, 0.6) is 0 Å². The number of fused-ring (bicyclic) bond motifs is 1. The molecule has 0 saturated heterocycles. The third-order valence-electron chi connectivity index (χ3n) is 3.95. The van der Waals surface area contributed by atoms with Gasteiger partial charge in [-0.3, -0.25) is 14.6 Å². The summed E-state index contributed by atoms with van der Waals surface area (Å²) in [6.07, 6.45) is 1.57. The molecule has 2 heterocycles. The Balaban J connectivity index is 1.90. The molecule has 0 fully saturated rings. The summed E-state index contributed by atoms with van der Waals surface area (Å²) in [5, 5.41) is 2.81. The van der Waals surface area contributed by atoms with Crippen LogP contribution in [0.4, 0.5) is 0 Å². The topological polar surface area (TPSA) is 76.9 Å². The van der Waals surface area contributed by atoms with E-state index in [4.69, 9.17) is 0 Å². The lowest BCUT2D eigenvalue weighted by atomic mass is 10.2. The van der Waals surface area contributed by atoms with Crippen molar-refractivity contribution in [3.63, 3.8) is 0 Å². The first-order valence-corrected chi connectivity index (χ1v) is 7.73. The van der Waals surface area contributed by atoms with Crippen LogP contribution in [0.25, 0.3) is 11.0 Å². The van der Waals surface area contributed by atoms with Crippen molar-refractivity contribution in [2.75, 3.05) is 0 Å². The Kier molecular flexibility index (Phi) is 4.37. The van der Waals surface area contributed by atoms with Gasteiger partial charge >= 0.3 is 0 Å². The predicted octanol–water partition coefficient (Wildman–Crippen LogP) is 2.51. The molecule has 122 valence electrons. The average Bonchev–Trinajstić information content (AvgIpc) is 2.97. The Morgan fingerprint density at radius 3 is 2.62 bits per heavy atom. The van der Waals surface area contributed by atoms with Gasteiger partial charge in [-0.2, -0.15) is 0 Å². The number of amides is 1. The molecule has 0 aliphatic rings. The second-order valence-corrected chi connectivity index (χ2v) is 5.57. The van der Waals surface area contributed by atoms with Gasteiger partial charge in [-0.05, 0) is 38.1 Å². The van der Waals surface area contributed by atoms with E-state index >= 15 is 0 Å². The Hall–Kier alpha value is -3.02. The molecule has 3 aromatic rings. The summed E-state index contributed by atoms with van der Waals surface area (Å²) < 4.78 is 1.87. The standard InChI is InChI=1S/C18H18N4O2/c1-12(13(2)23)22-16-9-4-3-7-14(16)21-17(22)11-20-18(24)15-8-5-6-10-19-15/h3-10,12H,11H2,1-2H3,(H,20,24). The fourth-order valence-corrected chi connectivity index (χ4v) is 2.58. The number of Topliss-reactive ketones (excluding diaryl/α,β-unsaturated/α-hetero) is 1. The van der Waals surface area contributed by atoms with Crippen molar-refractivity contribution in [3.05, 3.63) is 60.2 Å². The molecule has 0 bridgehead atoms. The number of hydrogen-bond donors (Lipinski definition) is 1. The van der Waals surface area contributed by atoms with Gasteiger partial charge in [0.15, 0.2) is 5.78 Å². The van der Waals surface area contributed by atoms with Gasteiger partial charge in [-0.1, -0.05) is 18.2 Å². The van der Waals surface area contributed by atoms with Crippen molar-refractivity contribution in [1.82, 2.24) is 19.9 Å². The summed E-state index contributed by atoms with van der Waals surface area (Å²) in [7, 11) is 0. The zero-order chi connectivity index (χ0) is 17.1.